The molecule has 0 saturated carbocycles. The lowest BCUT2D eigenvalue weighted by Gasteiger charge is -2.31. The predicted octanol–water partition coefficient (Wildman–Crippen LogP) is 3.07. The molecule has 0 unspecified atom stereocenters. The van der Waals surface area contributed by atoms with Gasteiger partial charge in [-0.25, -0.2) is 4.79 Å². The van der Waals surface area contributed by atoms with Crippen molar-refractivity contribution in [3.63, 3.8) is 0 Å². The zero-order valence-corrected chi connectivity index (χ0v) is 12.3. The second-order valence-electron chi connectivity index (χ2n) is 4.81. The van der Waals surface area contributed by atoms with Gasteiger partial charge in [-0.2, -0.15) is 0 Å². The summed E-state index contributed by atoms with van der Waals surface area (Å²) in [5.41, 5.74) is 0.768. The third-order valence-electron chi connectivity index (χ3n) is 2.65. The molecule has 0 amide bonds. The van der Waals surface area contributed by atoms with Crippen LogP contribution in [0.4, 0.5) is 0 Å². The maximum Gasteiger partial charge on any atom is 0.337 e. The van der Waals surface area contributed by atoms with Crippen LogP contribution in [0.2, 0.25) is 0 Å². The molecule has 0 aromatic heterocycles. The first-order valence-corrected chi connectivity index (χ1v) is 6.71. The molecule has 0 radical (unpaired) electrons. The summed E-state index contributed by atoms with van der Waals surface area (Å²) in [6, 6.07) is 7.35. The zero-order valence-electron chi connectivity index (χ0n) is 10.7. The Kier molecular flexibility index (Phi) is 3.96. The Morgan fingerprint density at radius 1 is 1.26 bits per heavy atom. The minimum atomic E-state index is -0.986. The zero-order chi connectivity index (χ0) is 14.0. The van der Waals surface area contributed by atoms with E-state index in [4.69, 9.17) is 9.47 Å². The summed E-state index contributed by atoms with van der Waals surface area (Å²) < 4.78 is 11.4. The third kappa shape index (κ3) is 3.81. The number of hydrogen-bond acceptors (Lipinski definition) is 4. The number of hydrogen-bond donors (Lipinski definition) is 1. The molecular weight excluding hydrogens is 312 g/mol. The average molecular weight is 327 g/mol. The fourth-order valence-corrected chi connectivity index (χ4v) is 2.13. The van der Waals surface area contributed by atoms with E-state index in [-0.39, 0.29) is 6.42 Å². The number of benzene rings is 1. The van der Waals surface area contributed by atoms with E-state index in [1.54, 1.807) is 13.8 Å². The first kappa shape index (κ1) is 14.1. The Balaban J connectivity index is 2.08. The van der Waals surface area contributed by atoms with Gasteiger partial charge in [-0.1, -0.05) is 28.1 Å². The average Bonchev–Trinajstić information content (AvgIpc) is 2.26. The Hall–Kier alpha value is -1.33. The van der Waals surface area contributed by atoms with Gasteiger partial charge < -0.3 is 14.6 Å². The molecule has 1 atom stereocenters. The first-order valence-electron chi connectivity index (χ1n) is 5.92. The fourth-order valence-electron chi connectivity index (χ4n) is 1.86. The van der Waals surface area contributed by atoms with Crippen molar-refractivity contribution < 1.29 is 19.4 Å². The molecule has 102 valence electrons. The van der Waals surface area contributed by atoms with E-state index >= 15 is 0 Å². The maximum atomic E-state index is 11.4. The van der Waals surface area contributed by atoms with Crippen LogP contribution >= 0.6 is 15.9 Å². The standard InChI is InChI=1S/C14H15BrO4/c1-14(2)18-11(8-13(17)19-14)7-12(16)9-3-5-10(15)6-4-9/h3-6,8,12,16H,7H2,1-2H3/t12-/m1/s1. The van der Waals surface area contributed by atoms with Crippen molar-refractivity contribution in [2.24, 2.45) is 0 Å². The highest BCUT2D eigenvalue weighted by atomic mass is 79.9. The van der Waals surface area contributed by atoms with Crippen molar-refractivity contribution in [3.8, 4) is 0 Å². The summed E-state index contributed by atoms with van der Waals surface area (Å²) in [5.74, 6) is -1.01. The van der Waals surface area contributed by atoms with Crippen LogP contribution in [0.1, 0.15) is 31.9 Å². The minimum Gasteiger partial charge on any atom is -0.457 e. The van der Waals surface area contributed by atoms with Gasteiger partial charge in [0.2, 0.25) is 5.79 Å². The van der Waals surface area contributed by atoms with Crippen LogP contribution in [-0.2, 0) is 14.3 Å². The highest BCUT2D eigenvalue weighted by Crippen LogP contribution is 2.29. The summed E-state index contributed by atoms with van der Waals surface area (Å²) >= 11 is 3.34. The lowest BCUT2D eigenvalue weighted by atomic mass is 10.1. The van der Waals surface area contributed by atoms with Crippen LogP contribution in [0, 0.1) is 0 Å². The number of carbonyl (C=O) groups excluding carboxylic acids is 1. The first-order chi connectivity index (χ1) is 8.85. The molecular formula is C14H15BrO4. The largest absolute Gasteiger partial charge is 0.457 e. The van der Waals surface area contributed by atoms with Gasteiger partial charge in [0.25, 0.3) is 0 Å². The quantitative estimate of drug-likeness (QED) is 0.867. The molecule has 1 aliphatic heterocycles. The molecule has 0 spiro atoms. The Bertz CT molecular complexity index is 505. The van der Waals surface area contributed by atoms with Gasteiger partial charge >= 0.3 is 5.97 Å². The van der Waals surface area contributed by atoms with Crippen LogP contribution in [0.3, 0.4) is 0 Å². The van der Waals surface area contributed by atoms with Crippen LogP contribution in [0.5, 0.6) is 0 Å². The van der Waals surface area contributed by atoms with Crippen molar-refractivity contribution in [3.05, 3.63) is 46.1 Å². The highest BCUT2D eigenvalue weighted by molar-refractivity contribution is 9.10. The molecule has 4 nitrogen and oxygen atoms in total. The number of ether oxygens (including phenoxy) is 2. The van der Waals surface area contributed by atoms with E-state index in [2.05, 4.69) is 15.9 Å². The van der Waals surface area contributed by atoms with Crippen molar-refractivity contribution in [2.75, 3.05) is 0 Å². The number of esters is 1. The van der Waals surface area contributed by atoms with Crippen LogP contribution in [-0.4, -0.2) is 16.9 Å². The van der Waals surface area contributed by atoms with Crippen molar-refractivity contribution in [1.82, 2.24) is 0 Å². The van der Waals surface area contributed by atoms with Crippen LogP contribution < -0.4 is 0 Å². The molecule has 1 heterocycles. The molecule has 1 N–H and O–H groups in total. The molecule has 0 aliphatic carbocycles. The number of rotatable bonds is 3. The summed E-state index contributed by atoms with van der Waals surface area (Å²) in [6.45, 7) is 3.31. The topological polar surface area (TPSA) is 55.8 Å². The van der Waals surface area contributed by atoms with E-state index < -0.39 is 17.9 Å². The van der Waals surface area contributed by atoms with Gasteiger partial charge in [0, 0.05) is 24.7 Å². The number of aliphatic hydroxyl groups is 1. The number of aliphatic hydroxyl groups excluding tert-OH is 1. The molecule has 1 aromatic carbocycles. The highest BCUT2D eigenvalue weighted by Gasteiger charge is 2.30. The van der Waals surface area contributed by atoms with Crippen molar-refractivity contribution >= 4 is 21.9 Å². The van der Waals surface area contributed by atoms with E-state index in [1.165, 1.54) is 6.08 Å². The molecule has 2 rings (SSSR count). The van der Waals surface area contributed by atoms with Gasteiger partial charge in [0.15, 0.2) is 0 Å². The number of cyclic esters (lactones) is 1. The maximum absolute atomic E-state index is 11.4. The summed E-state index contributed by atoms with van der Waals surface area (Å²) in [4.78, 5) is 11.4. The fraction of sp³-hybridized carbons (Fsp3) is 0.357. The summed E-state index contributed by atoms with van der Waals surface area (Å²) in [5, 5.41) is 10.1. The molecule has 0 fully saturated rings. The lowest BCUT2D eigenvalue weighted by Crippen LogP contribution is -2.34. The lowest BCUT2D eigenvalue weighted by molar-refractivity contribution is -0.206. The van der Waals surface area contributed by atoms with E-state index in [1.807, 2.05) is 24.3 Å². The minimum absolute atomic E-state index is 0.236. The van der Waals surface area contributed by atoms with Gasteiger partial charge in [0.05, 0.1) is 12.2 Å². The molecule has 19 heavy (non-hydrogen) atoms. The van der Waals surface area contributed by atoms with Gasteiger partial charge in [-0.3, -0.25) is 0 Å². The summed E-state index contributed by atoms with van der Waals surface area (Å²) in [6.07, 6.45) is 0.786. The summed E-state index contributed by atoms with van der Waals surface area (Å²) in [7, 11) is 0. The van der Waals surface area contributed by atoms with E-state index in [0.717, 1.165) is 10.0 Å². The number of carbonyl (C=O) groups is 1. The Labute approximate surface area is 120 Å². The molecule has 5 heteroatoms. The van der Waals surface area contributed by atoms with Gasteiger partial charge in [-0.05, 0) is 17.7 Å². The van der Waals surface area contributed by atoms with E-state index in [9.17, 15) is 9.90 Å². The third-order valence-corrected chi connectivity index (χ3v) is 3.18. The molecule has 0 saturated heterocycles. The van der Waals surface area contributed by atoms with Gasteiger partial charge in [-0.15, -0.1) is 0 Å². The second kappa shape index (κ2) is 5.35. The van der Waals surface area contributed by atoms with Crippen LogP contribution in [0.25, 0.3) is 0 Å². The van der Waals surface area contributed by atoms with Crippen LogP contribution in [0.15, 0.2) is 40.6 Å². The Morgan fingerprint density at radius 3 is 2.47 bits per heavy atom. The SMILES string of the molecule is CC1(C)OC(=O)C=C(C[C@@H](O)c2ccc(Br)cc2)O1. The van der Waals surface area contributed by atoms with E-state index in [0.29, 0.717) is 5.76 Å². The Morgan fingerprint density at radius 2 is 1.89 bits per heavy atom. The molecule has 1 aromatic rings. The normalized spacial score (nSPS) is 19.2. The molecule has 0 bridgehead atoms. The predicted molar refractivity (Wildman–Crippen MR) is 73.1 cm³/mol. The van der Waals surface area contributed by atoms with Crippen molar-refractivity contribution in [1.29, 1.82) is 0 Å². The smallest absolute Gasteiger partial charge is 0.337 e. The number of halogens is 1. The monoisotopic (exact) mass is 326 g/mol. The molecule has 1 aliphatic rings. The van der Waals surface area contributed by atoms with Crippen molar-refractivity contribution in [2.45, 2.75) is 32.2 Å². The second-order valence-corrected chi connectivity index (χ2v) is 5.72. The van der Waals surface area contributed by atoms with Gasteiger partial charge in [0.1, 0.15) is 5.76 Å².